The van der Waals surface area contributed by atoms with E-state index in [1.54, 1.807) is 23.4 Å². The molecule has 0 atom stereocenters. The molecule has 0 aliphatic heterocycles. The Balaban J connectivity index is 1.34. The van der Waals surface area contributed by atoms with Crippen LogP contribution in [0, 0.1) is 6.92 Å². The molecule has 7 nitrogen and oxygen atoms in total. The summed E-state index contributed by atoms with van der Waals surface area (Å²) in [6.45, 7) is 3.04. The van der Waals surface area contributed by atoms with Gasteiger partial charge in [-0.2, -0.15) is 5.10 Å². The largest absolute Gasteiger partial charge is 0.460 e. The lowest BCUT2D eigenvalue weighted by Crippen LogP contribution is -2.23. The first-order valence-corrected chi connectivity index (χ1v) is 10.7. The van der Waals surface area contributed by atoms with E-state index < -0.39 is 0 Å². The highest BCUT2D eigenvalue weighted by atomic mass is 16.3. The Morgan fingerprint density at radius 3 is 2.48 bits per heavy atom. The van der Waals surface area contributed by atoms with E-state index >= 15 is 0 Å². The van der Waals surface area contributed by atoms with E-state index in [1.807, 2.05) is 72.3 Å². The van der Waals surface area contributed by atoms with Gasteiger partial charge in [-0.1, -0.05) is 42.5 Å². The monoisotopic (exact) mass is 437 g/mol. The second-order valence-corrected chi connectivity index (χ2v) is 7.82. The van der Waals surface area contributed by atoms with E-state index in [0.29, 0.717) is 23.6 Å². The second-order valence-electron chi connectivity index (χ2n) is 7.82. The molecule has 0 radical (unpaired) electrons. The fraction of sp³-hybridized carbons (Fsp3) is 0.115. The van der Waals surface area contributed by atoms with Crippen LogP contribution in [0.3, 0.4) is 0 Å². The first-order chi connectivity index (χ1) is 16.2. The van der Waals surface area contributed by atoms with E-state index in [4.69, 9.17) is 4.42 Å². The number of para-hydroxylation sites is 1. The number of hydrogen-bond donors (Lipinski definition) is 1. The molecule has 164 valence electrons. The van der Waals surface area contributed by atoms with E-state index in [9.17, 15) is 4.79 Å². The first kappa shape index (κ1) is 20.5. The van der Waals surface area contributed by atoms with E-state index in [0.717, 1.165) is 23.6 Å². The molecule has 0 spiro atoms. The summed E-state index contributed by atoms with van der Waals surface area (Å²) in [5.74, 6) is 1.13. The third kappa shape index (κ3) is 4.62. The topological polar surface area (TPSA) is 77.9 Å². The van der Waals surface area contributed by atoms with Crippen LogP contribution < -0.4 is 5.32 Å². The van der Waals surface area contributed by atoms with Crippen molar-refractivity contribution in [1.82, 2.24) is 24.6 Å². The van der Waals surface area contributed by atoms with Crippen LogP contribution in [0.15, 0.2) is 96.1 Å². The molecule has 0 aliphatic carbocycles. The minimum atomic E-state index is -0.205. The van der Waals surface area contributed by atoms with Gasteiger partial charge in [-0.05, 0) is 42.3 Å². The molecule has 0 saturated carbocycles. The number of imidazole rings is 1. The molecule has 0 bridgehead atoms. The van der Waals surface area contributed by atoms with Crippen LogP contribution in [-0.4, -0.2) is 25.2 Å². The molecule has 0 saturated heterocycles. The zero-order chi connectivity index (χ0) is 22.6. The lowest BCUT2D eigenvalue weighted by Gasteiger charge is -2.07. The van der Waals surface area contributed by atoms with Crippen LogP contribution in [0.5, 0.6) is 0 Å². The summed E-state index contributed by atoms with van der Waals surface area (Å²) in [5.41, 5.74) is 4.03. The maximum atomic E-state index is 13.1. The van der Waals surface area contributed by atoms with Crippen molar-refractivity contribution in [3.05, 3.63) is 114 Å². The molecule has 0 fully saturated rings. The molecule has 7 heteroatoms. The third-order valence-corrected chi connectivity index (χ3v) is 5.35. The van der Waals surface area contributed by atoms with Crippen molar-refractivity contribution in [3.8, 4) is 17.1 Å². The maximum Gasteiger partial charge on any atom is 0.255 e. The first-order valence-electron chi connectivity index (χ1n) is 10.7. The van der Waals surface area contributed by atoms with Crippen molar-refractivity contribution in [2.24, 2.45) is 0 Å². The van der Waals surface area contributed by atoms with Crippen LogP contribution in [0.1, 0.15) is 27.2 Å². The molecule has 3 aromatic heterocycles. The molecule has 0 unspecified atom stereocenters. The highest BCUT2D eigenvalue weighted by molar-refractivity contribution is 5.99. The number of carbonyl (C=O) groups is 1. The number of nitrogens with one attached hydrogen (secondary N) is 1. The van der Waals surface area contributed by atoms with Crippen LogP contribution in [0.2, 0.25) is 0 Å². The van der Waals surface area contributed by atoms with Crippen LogP contribution in [0.25, 0.3) is 17.1 Å². The zero-order valence-electron chi connectivity index (χ0n) is 18.2. The lowest BCUT2D eigenvalue weighted by atomic mass is 10.1. The van der Waals surface area contributed by atoms with Crippen molar-refractivity contribution in [2.75, 3.05) is 0 Å². The summed E-state index contributed by atoms with van der Waals surface area (Å²) >= 11 is 0. The molecule has 5 rings (SSSR count). The van der Waals surface area contributed by atoms with Crippen LogP contribution >= 0.6 is 0 Å². The number of rotatable bonds is 7. The molecule has 2 aromatic carbocycles. The Kier molecular flexibility index (Phi) is 5.59. The van der Waals surface area contributed by atoms with E-state index in [2.05, 4.69) is 27.5 Å². The average Bonchev–Trinajstić information content (AvgIpc) is 3.60. The number of amides is 1. The van der Waals surface area contributed by atoms with Crippen molar-refractivity contribution in [2.45, 2.75) is 20.0 Å². The van der Waals surface area contributed by atoms with Gasteiger partial charge in [0.25, 0.3) is 5.91 Å². The predicted molar refractivity (Wildman–Crippen MR) is 125 cm³/mol. The summed E-state index contributed by atoms with van der Waals surface area (Å²) in [7, 11) is 0. The highest BCUT2D eigenvalue weighted by Crippen LogP contribution is 2.25. The fourth-order valence-corrected chi connectivity index (χ4v) is 3.63. The lowest BCUT2D eigenvalue weighted by molar-refractivity contribution is 0.0951. The van der Waals surface area contributed by atoms with Gasteiger partial charge < -0.3 is 14.3 Å². The summed E-state index contributed by atoms with van der Waals surface area (Å²) in [4.78, 5) is 17.2. The van der Waals surface area contributed by atoms with Gasteiger partial charge in [-0.3, -0.25) is 4.79 Å². The molecule has 1 N–H and O–H groups in total. The van der Waals surface area contributed by atoms with Gasteiger partial charge in [0, 0.05) is 31.7 Å². The minimum absolute atomic E-state index is 0.205. The molecule has 1 amide bonds. The number of benzene rings is 2. The van der Waals surface area contributed by atoms with Crippen molar-refractivity contribution in [1.29, 1.82) is 0 Å². The number of aryl methyl sites for hydroxylation is 1. The number of nitrogens with zero attached hydrogens (tertiary/aromatic N) is 4. The fourth-order valence-electron chi connectivity index (χ4n) is 3.63. The summed E-state index contributed by atoms with van der Waals surface area (Å²) in [5, 5.41) is 7.65. The van der Waals surface area contributed by atoms with Crippen molar-refractivity contribution >= 4 is 5.91 Å². The maximum absolute atomic E-state index is 13.1. The van der Waals surface area contributed by atoms with Gasteiger partial charge >= 0.3 is 0 Å². The van der Waals surface area contributed by atoms with Crippen LogP contribution in [-0.2, 0) is 13.1 Å². The summed E-state index contributed by atoms with van der Waals surface area (Å²) in [6.07, 6.45) is 7.23. The summed E-state index contributed by atoms with van der Waals surface area (Å²) < 4.78 is 9.48. The normalized spacial score (nSPS) is 10.9. The second kappa shape index (κ2) is 9.00. The van der Waals surface area contributed by atoms with E-state index in [-0.39, 0.29) is 5.91 Å². The van der Waals surface area contributed by atoms with Gasteiger partial charge in [0.2, 0.25) is 0 Å². The van der Waals surface area contributed by atoms with E-state index in [1.165, 1.54) is 5.56 Å². The molecule has 0 aliphatic rings. The molecule has 3 heterocycles. The third-order valence-electron chi connectivity index (χ3n) is 5.35. The SMILES string of the molecule is Cc1ccc(-c2nn(-c3ccccc3)cc2C(=O)NCc2ccc(Cn3ccnc3)cc2)o1. The van der Waals surface area contributed by atoms with Gasteiger partial charge in [-0.15, -0.1) is 0 Å². The van der Waals surface area contributed by atoms with Crippen LogP contribution in [0.4, 0.5) is 0 Å². The van der Waals surface area contributed by atoms with Gasteiger partial charge in [0.1, 0.15) is 11.5 Å². The predicted octanol–water partition coefficient (Wildman–Crippen LogP) is 4.62. The standard InChI is InChI=1S/C26H23N5O2/c1-19-7-12-24(33-19)25-23(17-31(29-25)22-5-3-2-4-6-22)26(32)28-15-20-8-10-21(11-9-20)16-30-14-13-27-18-30/h2-14,17-18H,15-16H2,1H3,(H,28,32). The molecular formula is C26H23N5O2. The molecule has 33 heavy (non-hydrogen) atoms. The number of aromatic nitrogens is 4. The summed E-state index contributed by atoms with van der Waals surface area (Å²) in [6, 6.07) is 21.6. The van der Waals surface area contributed by atoms with Crippen molar-refractivity contribution < 1.29 is 9.21 Å². The Hall–Kier alpha value is -4.39. The Morgan fingerprint density at radius 2 is 1.79 bits per heavy atom. The number of hydrogen-bond acceptors (Lipinski definition) is 4. The van der Waals surface area contributed by atoms with Gasteiger partial charge in [0.15, 0.2) is 5.76 Å². The zero-order valence-corrected chi connectivity index (χ0v) is 18.2. The quantitative estimate of drug-likeness (QED) is 0.403. The Bertz CT molecular complexity index is 1350. The highest BCUT2D eigenvalue weighted by Gasteiger charge is 2.20. The van der Waals surface area contributed by atoms with Gasteiger partial charge in [-0.25, -0.2) is 9.67 Å². The van der Waals surface area contributed by atoms with Gasteiger partial charge in [0.05, 0.1) is 17.6 Å². The molecular weight excluding hydrogens is 414 g/mol. The van der Waals surface area contributed by atoms with Crippen molar-refractivity contribution in [3.63, 3.8) is 0 Å². The Labute approximate surface area is 191 Å². The average molecular weight is 438 g/mol. The smallest absolute Gasteiger partial charge is 0.255 e. The number of furan rings is 1. The number of carbonyl (C=O) groups excluding carboxylic acids is 1. The minimum Gasteiger partial charge on any atom is -0.460 e. The molecule has 5 aromatic rings. The Morgan fingerprint density at radius 1 is 1.00 bits per heavy atom.